The second-order valence-electron chi connectivity index (χ2n) is 5.65. The average Bonchev–Trinajstić information content (AvgIpc) is 2.94. The first-order chi connectivity index (χ1) is 13.1. The summed E-state index contributed by atoms with van der Waals surface area (Å²) in [4.78, 5) is 37.8. The van der Waals surface area contributed by atoms with Crippen molar-refractivity contribution in [1.82, 2.24) is 4.90 Å². The van der Waals surface area contributed by atoms with E-state index in [0.717, 1.165) is 22.2 Å². The van der Waals surface area contributed by atoms with Crippen LogP contribution in [0.5, 0.6) is 0 Å². The average molecular weight is 382 g/mol. The number of rotatable bonds is 6. The Hall–Kier alpha value is -3.06. The summed E-state index contributed by atoms with van der Waals surface area (Å²) < 4.78 is 4.93. The molecule has 0 atom stereocenters. The quantitative estimate of drug-likeness (QED) is 0.602. The highest BCUT2D eigenvalue weighted by Gasteiger charge is 2.34. The third kappa shape index (κ3) is 4.57. The molecule has 0 unspecified atom stereocenters. The molecule has 138 valence electrons. The van der Waals surface area contributed by atoms with Crippen molar-refractivity contribution >= 4 is 40.6 Å². The third-order valence-electron chi connectivity index (χ3n) is 3.81. The maximum atomic E-state index is 12.5. The summed E-state index contributed by atoms with van der Waals surface area (Å²) in [5.41, 5.74) is 2.00. The fraction of sp³-hybridized carbons (Fsp3) is 0.150. The molecule has 1 heterocycles. The summed E-state index contributed by atoms with van der Waals surface area (Å²) in [6.07, 6.45) is 1.71. The highest BCUT2D eigenvalue weighted by molar-refractivity contribution is 8.18. The van der Waals surface area contributed by atoms with Crippen molar-refractivity contribution in [2.24, 2.45) is 0 Å². The van der Waals surface area contributed by atoms with Crippen molar-refractivity contribution in [3.63, 3.8) is 0 Å². The van der Waals surface area contributed by atoms with Crippen LogP contribution in [0.1, 0.15) is 22.8 Å². The highest BCUT2D eigenvalue weighted by Crippen LogP contribution is 2.32. The first kappa shape index (κ1) is 18.7. The number of esters is 1. The van der Waals surface area contributed by atoms with Crippen LogP contribution < -0.4 is 5.32 Å². The molecule has 1 aliphatic heterocycles. The van der Waals surface area contributed by atoms with Crippen LogP contribution >= 0.6 is 11.8 Å². The molecular formula is C20H18N2O4S. The Morgan fingerprint density at radius 1 is 1.11 bits per heavy atom. The molecule has 1 saturated heterocycles. The second kappa shape index (κ2) is 8.55. The van der Waals surface area contributed by atoms with E-state index in [-0.39, 0.29) is 23.8 Å². The predicted octanol–water partition coefficient (Wildman–Crippen LogP) is 3.97. The van der Waals surface area contributed by atoms with Gasteiger partial charge in [0, 0.05) is 5.69 Å². The summed E-state index contributed by atoms with van der Waals surface area (Å²) in [6, 6.07) is 16.0. The lowest BCUT2D eigenvalue weighted by molar-refractivity contribution is -0.122. The van der Waals surface area contributed by atoms with Gasteiger partial charge in [-0.3, -0.25) is 14.5 Å². The van der Waals surface area contributed by atoms with Gasteiger partial charge in [0.2, 0.25) is 0 Å². The van der Waals surface area contributed by atoms with E-state index in [1.807, 2.05) is 30.3 Å². The number of thioether (sulfide) groups is 1. The van der Waals surface area contributed by atoms with Crippen LogP contribution in [0.25, 0.3) is 6.08 Å². The molecule has 7 heteroatoms. The predicted molar refractivity (Wildman–Crippen MR) is 105 cm³/mol. The fourth-order valence-electron chi connectivity index (χ4n) is 2.45. The summed E-state index contributed by atoms with van der Waals surface area (Å²) in [5, 5.41) is 2.70. The highest BCUT2D eigenvalue weighted by atomic mass is 32.2. The molecule has 0 radical (unpaired) electrons. The van der Waals surface area contributed by atoms with E-state index in [4.69, 9.17) is 4.74 Å². The smallest absolute Gasteiger partial charge is 0.338 e. The van der Waals surface area contributed by atoms with Gasteiger partial charge in [0.15, 0.2) is 0 Å². The molecule has 3 rings (SSSR count). The number of anilines is 1. The van der Waals surface area contributed by atoms with Crippen molar-refractivity contribution < 1.29 is 19.1 Å². The molecule has 0 bridgehead atoms. The van der Waals surface area contributed by atoms with Crippen LogP contribution in [0.2, 0.25) is 0 Å². The summed E-state index contributed by atoms with van der Waals surface area (Å²) in [6.45, 7) is 2.11. The number of amides is 2. The molecule has 6 nitrogen and oxygen atoms in total. The number of carbonyl (C=O) groups excluding carboxylic acids is 3. The van der Waals surface area contributed by atoms with Crippen LogP contribution in [0.4, 0.5) is 10.5 Å². The minimum Gasteiger partial charge on any atom is -0.462 e. The molecule has 0 aliphatic carbocycles. The zero-order valence-corrected chi connectivity index (χ0v) is 15.5. The molecule has 1 aliphatic rings. The largest absolute Gasteiger partial charge is 0.462 e. The van der Waals surface area contributed by atoms with Gasteiger partial charge in [-0.25, -0.2) is 4.79 Å². The number of nitrogens with one attached hydrogen (secondary N) is 1. The number of imide groups is 1. The topological polar surface area (TPSA) is 75.7 Å². The van der Waals surface area contributed by atoms with Crippen molar-refractivity contribution in [2.75, 3.05) is 18.6 Å². The van der Waals surface area contributed by atoms with E-state index in [1.54, 1.807) is 37.3 Å². The maximum Gasteiger partial charge on any atom is 0.338 e. The van der Waals surface area contributed by atoms with E-state index in [9.17, 15) is 14.4 Å². The minimum atomic E-state index is -0.388. The van der Waals surface area contributed by atoms with Crippen LogP contribution in [0, 0.1) is 0 Å². The van der Waals surface area contributed by atoms with E-state index >= 15 is 0 Å². The molecule has 27 heavy (non-hydrogen) atoms. The SMILES string of the molecule is CCOC(=O)c1ccc(NCN2C(=O)SC(=Cc3ccccc3)C2=O)cc1. The van der Waals surface area contributed by atoms with Crippen molar-refractivity contribution in [3.8, 4) is 0 Å². The van der Waals surface area contributed by atoms with Gasteiger partial charge in [-0.1, -0.05) is 30.3 Å². The van der Waals surface area contributed by atoms with Crippen LogP contribution in [0.3, 0.4) is 0 Å². The Balaban J connectivity index is 1.63. The molecule has 0 aromatic heterocycles. The van der Waals surface area contributed by atoms with E-state index in [2.05, 4.69) is 5.32 Å². The van der Waals surface area contributed by atoms with Crippen LogP contribution in [0.15, 0.2) is 59.5 Å². The summed E-state index contributed by atoms with van der Waals surface area (Å²) in [7, 11) is 0. The normalized spacial score (nSPS) is 15.3. The van der Waals surface area contributed by atoms with E-state index < -0.39 is 0 Å². The lowest BCUT2D eigenvalue weighted by atomic mass is 10.2. The number of hydrogen-bond donors (Lipinski definition) is 1. The molecule has 0 saturated carbocycles. The van der Waals surface area contributed by atoms with Crippen LogP contribution in [-0.4, -0.2) is 35.3 Å². The number of nitrogens with zero attached hydrogens (tertiary/aromatic N) is 1. The van der Waals surface area contributed by atoms with Gasteiger partial charge in [0.1, 0.15) is 0 Å². The molecule has 2 aromatic carbocycles. The van der Waals surface area contributed by atoms with Crippen molar-refractivity contribution in [3.05, 3.63) is 70.6 Å². The van der Waals surface area contributed by atoms with E-state index in [1.165, 1.54) is 0 Å². The molecular weight excluding hydrogens is 364 g/mol. The lowest BCUT2D eigenvalue weighted by Gasteiger charge is -2.14. The van der Waals surface area contributed by atoms with Gasteiger partial charge in [-0.2, -0.15) is 0 Å². The van der Waals surface area contributed by atoms with Crippen LogP contribution in [-0.2, 0) is 9.53 Å². The Bertz CT molecular complexity index is 879. The number of hydrogen-bond acceptors (Lipinski definition) is 6. The Morgan fingerprint density at radius 2 is 1.81 bits per heavy atom. The standard InChI is InChI=1S/C20H18N2O4S/c1-2-26-19(24)15-8-10-16(11-9-15)21-13-22-18(23)17(27-20(22)25)12-14-6-4-3-5-7-14/h3-12,21H,2,13H2,1H3. The van der Waals surface area contributed by atoms with Crippen molar-refractivity contribution in [2.45, 2.75) is 6.92 Å². The third-order valence-corrected chi connectivity index (χ3v) is 4.72. The summed E-state index contributed by atoms with van der Waals surface area (Å²) in [5.74, 6) is -0.717. The number of benzene rings is 2. The Morgan fingerprint density at radius 3 is 2.48 bits per heavy atom. The van der Waals surface area contributed by atoms with E-state index in [0.29, 0.717) is 22.8 Å². The maximum absolute atomic E-state index is 12.5. The fourth-order valence-corrected chi connectivity index (χ4v) is 3.28. The Kier molecular flexibility index (Phi) is 5.93. The zero-order valence-electron chi connectivity index (χ0n) is 14.7. The van der Waals surface area contributed by atoms with Crippen molar-refractivity contribution in [1.29, 1.82) is 0 Å². The molecule has 1 fully saturated rings. The lowest BCUT2D eigenvalue weighted by Crippen LogP contribution is -2.33. The number of carbonyl (C=O) groups is 3. The molecule has 1 N–H and O–H groups in total. The van der Waals surface area contributed by atoms with Gasteiger partial charge >= 0.3 is 5.97 Å². The minimum absolute atomic E-state index is 0.0511. The number of ether oxygens (including phenoxy) is 1. The zero-order chi connectivity index (χ0) is 19.2. The second-order valence-corrected chi connectivity index (χ2v) is 6.65. The van der Waals surface area contributed by atoms with Gasteiger partial charge in [0.25, 0.3) is 11.1 Å². The molecule has 2 aromatic rings. The van der Waals surface area contributed by atoms with Gasteiger partial charge in [0.05, 0.1) is 23.7 Å². The first-order valence-electron chi connectivity index (χ1n) is 8.40. The van der Waals surface area contributed by atoms with Gasteiger partial charge < -0.3 is 10.1 Å². The monoisotopic (exact) mass is 382 g/mol. The van der Waals surface area contributed by atoms with Gasteiger partial charge in [-0.15, -0.1) is 0 Å². The Labute approximate surface area is 161 Å². The summed E-state index contributed by atoms with van der Waals surface area (Å²) >= 11 is 0.921. The molecule has 2 amide bonds. The van der Waals surface area contributed by atoms with Gasteiger partial charge in [-0.05, 0) is 54.6 Å². The molecule has 0 spiro atoms. The first-order valence-corrected chi connectivity index (χ1v) is 9.21.